The third-order valence-corrected chi connectivity index (χ3v) is 4.23. The first-order valence-corrected chi connectivity index (χ1v) is 7.78. The minimum atomic E-state index is -0.504. The number of carbonyl (C=O) groups excluding carboxylic acids is 1. The lowest BCUT2D eigenvalue weighted by atomic mass is 10.2. The standard InChI is InChI=1S/C16H14N4O2S/c21-15(14-18-16(22)20-19-14)17-10-11-6-4-5-9-13(11)23-12-7-2-1-3-8-12/h1-9H,10H2,(H,17,21)(H2,18,19,20,22). The number of nitrogens with zero attached hydrogens (tertiary/aromatic N) is 1. The Bertz CT molecular complexity index is 858. The predicted octanol–water partition coefficient (Wildman–Crippen LogP) is 2.18. The molecule has 0 bridgehead atoms. The van der Waals surface area contributed by atoms with Gasteiger partial charge in [0.2, 0.25) is 5.82 Å². The summed E-state index contributed by atoms with van der Waals surface area (Å²) in [4.78, 5) is 27.4. The lowest BCUT2D eigenvalue weighted by molar-refractivity contribution is 0.0940. The summed E-state index contributed by atoms with van der Waals surface area (Å²) in [5.74, 6) is -0.453. The van der Waals surface area contributed by atoms with Gasteiger partial charge in [0.25, 0.3) is 5.91 Å². The fraction of sp³-hybridized carbons (Fsp3) is 0.0625. The minimum absolute atomic E-state index is 0.0248. The molecule has 23 heavy (non-hydrogen) atoms. The Morgan fingerprint density at radius 2 is 1.83 bits per heavy atom. The van der Waals surface area contributed by atoms with Gasteiger partial charge in [-0.15, -0.1) is 5.10 Å². The number of hydrogen-bond donors (Lipinski definition) is 3. The Labute approximate surface area is 136 Å². The van der Waals surface area contributed by atoms with E-state index in [1.807, 2.05) is 54.6 Å². The smallest absolute Gasteiger partial charge is 0.341 e. The van der Waals surface area contributed by atoms with E-state index in [4.69, 9.17) is 0 Å². The lowest BCUT2D eigenvalue weighted by Gasteiger charge is -2.09. The fourth-order valence-corrected chi connectivity index (χ4v) is 2.97. The Kier molecular flexibility index (Phi) is 4.58. The molecule has 0 unspecified atom stereocenters. The van der Waals surface area contributed by atoms with E-state index in [9.17, 15) is 9.59 Å². The number of carbonyl (C=O) groups is 1. The lowest BCUT2D eigenvalue weighted by Crippen LogP contribution is -2.24. The third kappa shape index (κ3) is 3.89. The molecule has 6 nitrogen and oxygen atoms in total. The summed E-state index contributed by atoms with van der Waals surface area (Å²) in [5, 5.41) is 8.52. The summed E-state index contributed by atoms with van der Waals surface area (Å²) in [6, 6.07) is 17.9. The molecule has 0 saturated heterocycles. The molecular formula is C16H14N4O2S. The molecule has 1 amide bonds. The van der Waals surface area contributed by atoms with Gasteiger partial charge < -0.3 is 5.32 Å². The van der Waals surface area contributed by atoms with Crippen LogP contribution in [0.1, 0.15) is 16.2 Å². The zero-order valence-electron chi connectivity index (χ0n) is 12.1. The van der Waals surface area contributed by atoms with Crippen LogP contribution in [0.4, 0.5) is 0 Å². The summed E-state index contributed by atoms with van der Waals surface area (Å²) in [6.07, 6.45) is 0. The molecule has 0 saturated carbocycles. The Balaban J connectivity index is 1.71. The molecule has 0 atom stereocenters. The summed E-state index contributed by atoms with van der Waals surface area (Å²) < 4.78 is 0. The molecule has 3 N–H and O–H groups in total. The van der Waals surface area contributed by atoms with Gasteiger partial charge in [0.05, 0.1) is 0 Å². The van der Waals surface area contributed by atoms with E-state index < -0.39 is 11.6 Å². The average molecular weight is 326 g/mol. The Hall–Kier alpha value is -2.80. The molecule has 0 spiro atoms. The van der Waals surface area contributed by atoms with Gasteiger partial charge in [-0.05, 0) is 23.8 Å². The molecule has 0 aliphatic carbocycles. The van der Waals surface area contributed by atoms with Gasteiger partial charge in [-0.2, -0.15) is 0 Å². The van der Waals surface area contributed by atoms with Crippen molar-refractivity contribution in [3.8, 4) is 0 Å². The van der Waals surface area contributed by atoms with Gasteiger partial charge in [0.1, 0.15) is 0 Å². The van der Waals surface area contributed by atoms with Crippen molar-refractivity contribution in [2.45, 2.75) is 16.3 Å². The number of aromatic nitrogens is 3. The van der Waals surface area contributed by atoms with Crippen LogP contribution >= 0.6 is 11.8 Å². The number of nitrogens with one attached hydrogen (secondary N) is 3. The van der Waals surface area contributed by atoms with Crippen molar-refractivity contribution in [2.75, 3.05) is 0 Å². The van der Waals surface area contributed by atoms with Crippen LogP contribution in [0, 0.1) is 0 Å². The van der Waals surface area contributed by atoms with Gasteiger partial charge in [-0.25, -0.2) is 9.89 Å². The predicted molar refractivity (Wildman–Crippen MR) is 87.4 cm³/mol. The molecule has 0 aliphatic heterocycles. The number of H-pyrrole nitrogens is 2. The van der Waals surface area contributed by atoms with Crippen LogP contribution in [0.2, 0.25) is 0 Å². The molecule has 116 valence electrons. The minimum Gasteiger partial charge on any atom is -0.345 e. The number of aromatic amines is 2. The first-order valence-electron chi connectivity index (χ1n) is 6.96. The highest BCUT2D eigenvalue weighted by Gasteiger charge is 2.11. The molecule has 7 heteroatoms. The summed E-state index contributed by atoms with van der Waals surface area (Å²) in [7, 11) is 0. The fourth-order valence-electron chi connectivity index (χ4n) is 2.00. The molecule has 0 aliphatic rings. The van der Waals surface area contributed by atoms with Crippen LogP contribution in [0.3, 0.4) is 0 Å². The quantitative estimate of drug-likeness (QED) is 0.670. The molecule has 0 radical (unpaired) electrons. The SMILES string of the molecule is O=C(NCc1ccccc1Sc1ccccc1)c1n[nH]c(=O)[nH]1. The van der Waals surface area contributed by atoms with Crippen LogP contribution in [0.15, 0.2) is 69.2 Å². The topological polar surface area (TPSA) is 90.6 Å². The molecule has 0 fully saturated rings. The van der Waals surface area contributed by atoms with Gasteiger partial charge in [0.15, 0.2) is 0 Å². The molecule has 3 aromatic rings. The van der Waals surface area contributed by atoms with Crippen molar-refractivity contribution in [2.24, 2.45) is 0 Å². The Morgan fingerprint density at radius 1 is 1.09 bits per heavy atom. The maximum Gasteiger partial charge on any atom is 0.341 e. The van der Waals surface area contributed by atoms with Crippen molar-refractivity contribution in [1.82, 2.24) is 20.5 Å². The first-order chi connectivity index (χ1) is 11.2. The van der Waals surface area contributed by atoms with Crippen LogP contribution in [-0.4, -0.2) is 21.1 Å². The van der Waals surface area contributed by atoms with Gasteiger partial charge in [0, 0.05) is 16.3 Å². The van der Waals surface area contributed by atoms with Crippen LogP contribution in [0.25, 0.3) is 0 Å². The molecular weight excluding hydrogens is 312 g/mol. The summed E-state index contributed by atoms with van der Waals surface area (Å²) in [6.45, 7) is 0.351. The van der Waals surface area contributed by atoms with Crippen molar-refractivity contribution in [3.63, 3.8) is 0 Å². The molecule has 1 heterocycles. The zero-order chi connectivity index (χ0) is 16.1. The summed E-state index contributed by atoms with van der Waals surface area (Å²) >= 11 is 1.63. The normalized spacial score (nSPS) is 10.4. The second-order valence-electron chi connectivity index (χ2n) is 4.73. The highest BCUT2D eigenvalue weighted by Crippen LogP contribution is 2.30. The van der Waals surface area contributed by atoms with E-state index >= 15 is 0 Å². The van der Waals surface area contributed by atoms with Crippen molar-refractivity contribution in [1.29, 1.82) is 0 Å². The van der Waals surface area contributed by atoms with Gasteiger partial charge >= 0.3 is 5.69 Å². The molecule has 3 rings (SSSR count). The zero-order valence-corrected chi connectivity index (χ0v) is 12.9. The van der Waals surface area contributed by atoms with E-state index in [-0.39, 0.29) is 5.82 Å². The van der Waals surface area contributed by atoms with E-state index in [1.54, 1.807) is 11.8 Å². The van der Waals surface area contributed by atoms with Gasteiger partial charge in [-0.1, -0.05) is 48.2 Å². The Morgan fingerprint density at radius 3 is 2.57 bits per heavy atom. The number of hydrogen-bond acceptors (Lipinski definition) is 4. The molecule has 2 aromatic carbocycles. The average Bonchev–Trinajstić information content (AvgIpc) is 3.01. The van der Waals surface area contributed by atoms with Crippen molar-refractivity contribution in [3.05, 3.63) is 76.5 Å². The van der Waals surface area contributed by atoms with Crippen LogP contribution in [0.5, 0.6) is 0 Å². The van der Waals surface area contributed by atoms with E-state index in [1.165, 1.54) is 0 Å². The van der Waals surface area contributed by atoms with Gasteiger partial charge in [-0.3, -0.25) is 9.78 Å². The van der Waals surface area contributed by atoms with E-state index in [0.717, 1.165) is 15.4 Å². The second-order valence-corrected chi connectivity index (χ2v) is 5.85. The van der Waals surface area contributed by atoms with Crippen LogP contribution in [-0.2, 0) is 6.54 Å². The van der Waals surface area contributed by atoms with Crippen molar-refractivity contribution < 1.29 is 4.79 Å². The maximum atomic E-state index is 11.9. The monoisotopic (exact) mass is 326 g/mol. The number of amides is 1. The van der Waals surface area contributed by atoms with E-state index in [2.05, 4.69) is 20.5 Å². The van der Waals surface area contributed by atoms with Crippen molar-refractivity contribution >= 4 is 17.7 Å². The highest BCUT2D eigenvalue weighted by atomic mass is 32.2. The second kappa shape index (κ2) is 6.97. The van der Waals surface area contributed by atoms with Crippen LogP contribution < -0.4 is 11.0 Å². The maximum absolute atomic E-state index is 11.9. The third-order valence-electron chi connectivity index (χ3n) is 3.10. The number of rotatable bonds is 5. The largest absolute Gasteiger partial charge is 0.345 e. The molecule has 1 aromatic heterocycles. The highest BCUT2D eigenvalue weighted by molar-refractivity contribution is 7.99. The summed E-state index contributed by atoms with van der Waals surface area (Å²) in [5.41, 5.74) is 0.489. The number of benzene rings is 2. The van der Waals surface area contributed by atoms with E-state index in [0.29, 0.717) is 6.54 Å². The first kappa shape index (κ1) is 15.1.